The second-order valence-electron chi connectivity index (χ2n) is 4.58. The monoisotopic (exact) mass is 391 g/mol. The number of nitrogens with zero attached hydrogens (tertiary/aromatic N) is 4. The molecule has 1 N–H and O–H groups in total. The van der Waals surface area contributed by atoms with E-state index in [0.29, 0.717) is 5.82 Å². The van der Waals surface area contributed by atoms with E-state index in [1.165, 1.54) is 0 Å². The van der Waals surface area contributed by atoms with Crippen LogP contribution in [0.4, 0.5) is 5.82 Å². The molecule has 0 aliphatic heterocycles. The molecule has 21 heavy (non-hydrogen) atoms. The van der Waals surface area contributed by atoms with Gasteiger partial charge < -0.3 is 5.32 Å². The molecule has 1 aromatic carbocycles. The molecule has 0 spiro atoms. The molecule has 0 saturated carbocycles. The molecule has 0 saturated heterocycles. The fourth-order valence-electron chi connectivity index (χ4n) is 2.07. The summed E-state index contributed by atoms with van der Waals surface area (Å²) in [4.78, 5) is 9.30. The van der Waals surface area contributed by atoms with Crippen molar-refractivity contribution in [1.29, 1.82) is 0 Å². The number of aromatic nitrogens is 4. The minimum Gasteiger partial charge on any atom is -0.372 e. The van der Waals surface area contributed by atoms with Gasteiger partial charge in [0.2, 0.25) is 0 Å². The van der Waals surface area contributed by atoms with E-state index in [2.05, 4.69) is 50.1 Å². The van der Waals surface area contributed by atoms with Gasteiger partial charge in [0.15, 0.2) is 5.82 Å². The van der Waals surface area contributed by atoms with Gasteiger partial charge in [-0.1, -0.05) is 30.3 Å². The molecule has 0 fully saturated rings. The third-order valence-corrected chi connectivity index (χ3v) is 4.12. The van der Waals surface area contributed by atoms with Crippen LogP contribution in [0.3, 0.4) is 0 Å². The van der Waals surface area contributed by atoms with Crippen molar-refractivity contribution in [1.82, 2.24) is 19.7 Å². The largest absolute Gasteiger partial charge is 0.372 e. The van der Waals surface area contributed by atoms with E-state index in [1.807, 2.05) is 38.5 Å². The summed E-state index contributed by atoms with van der Waals surface area (Å²) in [5.41, 5.74) is 2.91. The van der Waals surface area contributed by atoms with Crippen LogP contribution in [0, 0.1) is 3.57 Å². The second kappa shape index (κ2) is 5.80. The summed E-state index contributed by atoms with van der Waals surface area (Å²) in [7, 11) is 3.75. The first-order chi connectivity index (χ1) is 10.2. The molecule has 0 bridgehead atoms. The van der Waals surface area contributed by atoms with E-state index in [9.17, 15) is 0 Å². The van der Waals surface area contributed by atoms with Crippen molar-refractivity contribution in [2.24, 2.45) is 7.05 Å². The average molecular weight is 391 g/mol. The summed E-state index contributed by atoms with van der Waals surface area (Å²) in [6.45, 7) is 0. The third-order valence-electron chi connectivity index (χ3n) is 3.10. The summed E-state index contributed by atoms with van der Waals surface area (Å²) < 4.78 is 2.76. The minimum absolute atomic E-state index is 0.673. The highest BCUT2D eigenvalue weighted by Gasteiger charge is 2.14. The van der Waals surface area contributed by atoms with Crippen molar-refractivity contribution in [3.8, 4) is 22.6 Å². The van der Waals surface area contributed by atoms with Gasteiger partial charge in [0, 0.05) is 25.9 Å². The van der Waals surface area contributed by atoms with Gasteiger partial charge in [-0.15, -0.1) is 0 Å². The molecule has 2 aromatic heterocycles. The number of hydrogen-bond donors (Lipinski definition) is 1. The first-order valence-corrected chi connectivity index (χ1v) is 7.56. The quantitative estimate of drug-likeness (QED) is 0.697. The van der Waals surface area contributed by atoms with E-state index in [-0.39, 0.29) is 0 Å². The van der Waals surface area contributed by atoms with Gasteiger partial charge in [0.1, 0.15) is 5.82 Å². The molecule has 0 aliphatic rings. The molecule has 0 aliphatic carbocycles. The Balaban J connectivity index is 2.20. The Hall–Kier alpha value is -1.96. The maximum absolute atomic E-state index is 4.72. The van der Waals surface area contributed by atoms with Crippen molar-refractivity contribution >= 4 is 28.4 Å². The number of nitrogens with one attached hydrogen (secondary N) is 1. The van der Waals surface area contributed by atoms with E-state index in [0.717, 1.165) is 26.2 Å². The molecule has 0 atom stereocenters. The van der Waals surface area contributed by atoms with Crippen molar-refractivity contribution < 1.29 is 0 Å². The Morgan fingerprint density at radius 1 is 1.10 bits per heavy atom. The first-order valence-electron chi connectivity index (χ1n) is 6.49. The Labute approximate surface area is 136 Å². The maximum Gasteiger partial charge on any atom is 0.165 e. The zero-order valence-electron chi connectivity index (χ0n) is 11.7. The number of hydrogen-bond acceptors (Lipinski definition) is 4. The molecular formula is C15H14IN5. The normalized spacial score (nSPS) is 10.6. The van der Waals surface area contributed by atoms with E-state index >= 15 is 0 Å². The van der Waals surface area contributed by atoms with Crippen molar-refractivity contribution in [2.45, 2.75) is 0 Å². The fourth-order valence-corrected chi connectivity index (χ4v) is 2.89. The van der Waals surface area contributed by atoms with Crippen LogP contribution in [0.1, 0.15) is 0 Å². The lowest BCUT2D eigenvalue weighted by atomic mass is 10.1. The fraction of sp³-hybridized carbons (Fsp3) is 0.133. The van der Waals surface area contributed by atoms with Crippen molar-refractivity contribution in [2.75, 3.05) is 12.4 Å². The number of benzene rings is 1. The topological polar surface area (TPSA) is 55.6 Å². The van der Waals surface area contributed by atoms with Gasteiger partial charge in [-0.2, -0.15) is 5.10 Å². The smallest absolute Gasteiger partial charge is 0.165 e. The molecule has 5 nitrogen and oxygen atoms in total. The molecule has 0 amide bonds. The van der Waals surface area contributed by atoms with Crippen molar-refractivity contribution in [3.05, 3.63) is 46.3 Å². The molecule has 3 rings (SSSR count). The SMILES string of the molecule is CNc1nc(-c2cnn(C)c2)nc(-c2ccccc2)c1I. The van der Waals surface area contributed by atoms with Gasteiger partial charge >= 0.3 is 0 Å². The van der Waals surface area contributed by atoms with Crippen LogP contribution in [-0.4, -0.2) is 26.8 Å². The van der Waals surface area contributed by atoms with E-state index in [4.69, 9.17) is 4.98 Å². The van der Waals surface area contributed by atoms with Crippen LogP contribution in [-0.2, 0) is 7.05 Å². The van der Waals surface area contributed by atoms with E-state index < -0.39 is 0 Å². The van der Waals surface area contributed by atoms with Crippen molar-refractivity contribution in [3.63, 3.8) is 0 Å². The van der Waals surface area contributed by atoms with Gasteiger partial charge in [-0.3, -0.25) is 4.68 Å². The highest BCUT2D eigenvalue weighted by molar-refractivity contribution is 14.1. The summed E-state index contributed by atoms with van der Waals surface area (Å²) in [6, 6.07) is 10.1. The zero-order chi connectivity index (χ0) is 14.8. The van der Waals surface area contributed by atoms with Crippen LogP contribution >= 0.6 is 22.6 Å². The second-order valence-corrected chi connectivity index (χ2v) is 5.66. The molecule has 3 aromatic rings. The highest BCUT2D eigenvalue weighted by atomic mass is 127. The number of anilines is 1. The van der Waals surface area contributed by atoms with E-state index in [1.54, 1.807) is 10.9 Å². The summed E-state index contributed by atoms with van der Waals surface area (Å²) in [5.74, 6) is 1.50. The lowest BCUT2D eigenvalue weighted by Crippen LogP contribution is -2.02. The van der Waals surface area contributed by atoms with Crippen LogP contribution in [0.15, 0.2) is 42.7 Å². The predicted molar refractivity (Wildman–Crippen MR) is 91.9 cm³/mol. The molecule has 0 unspecified atom stereocenters. The van der Waals surface area contributed by atoms with Gasteiger partial charge in [-0.25, -0.2) is 9.97 Å². The average Bonchev–Trinajstić information content (AvgIpc) is 2.95. The Morgan fingerprint density at radius 3 is 2.48 bits per heavy atom. The first kappa shape index (κ1) is 14.0. The molecule has 6 heteroatoms. The summed E-state index contributed by atoms with van der Waals surface area (Å²) in [5, 5.41) is 7.32. The van der Waals surface area contributed by atoms with Crippen LogP contribution < -0.4 is 5.32 Å². The van der Waals surface area contributed by atoms with Crippen LogP contribution in [0.2, 0.25) is 0 Å². The molecular weight excluding hydrogens is 377 g/mol. The zero-order valence-corrected chi connectivity index (χ0v) is 13.9. The third kappa shape index (κ3) is 2.76. The standard InChI is InChI=1S/C15H14IN5/c1-17-15-12(16)13(10-6-4-3-5-7-10)19-14(20-15)11-8-18-21(2)9-11/h3-9H,1-2H3,(H,17,19,20). The summed E-state index contributed by atoms with van der Waals surface area (Å²) >= 11 is 2.28. The van der Waals surface area contributed by atoms with Crippen LogP contribution in [0.25, 0.3) is 22.6 Å². The molecule has 0 radical (unpaired) electrons. The number of halogens is 1. The lowest BCUT2D eigenvalue weighted by molar-refractivity contribution is 0.768. The Bertz CT molecular complexity index is 767. The Morgan fingerprint density at radius 2 is 1.86 bits per heavy atom. The summed E-state index contributed by atoms with van der Waals surface area (Å²) in [6.07, 6.45) is 3.69. The highest BCUT2D eigenvalue weighted by Crippen LogP contribution is 2.30. The molecule has 106 valence electrons. The Kier molecular flexibility index (Phi) is 3.87. The van der Waals surface area contributed by atoms with Gasteiger partial charge in [0.25, 0.3) is 0 Å². The predicted octanol–water partition coefficient (Wildman–Crippen LogP) is 3.19. The number of rotatable bonds is 3. The van der Waals surface area contributed by atoms with Gasteiger partial charge in [0.05, 0.1) is 21.0 Å². The molecule has 2 heterocycles. The lowest BCUT2D eigenvalue weighted by Gasteiger charge is -2.10. The van der Waals surface area contributed by atoms with Gasteiger partial charge in [-0.05, 0) is 22.6 Å². The maximum atomic E-state index is 4.72. The minimum atomic E-state index is 0.673. The number of aryl methyl sites for hydroxylation is 1. The van der Waals surface area contributed by atoms with Crippen LogP contribution in [0.5, 0.6) is 0 Å².